The van der Waals surface area contributed by atoms with E-state index in [-0.39, 0.29) is 5.56 Å². The van der Waals surface area contributed by atoms with Crippen molar-refractivity contribution >= 4 is 0 Å². The minimum atomic E-state index is -0.975. The van der Waals surface area contributed by atoms with E-state index >= 15 is 0 Å². The van der Waals surface area contributed by atoms with Gasteiger partial charge in [0.1, 0.15) is 0 Å². The third kappa shape index (κ3) is 2.23. The van der Waals surface area contributed by atoms with Crippen molar-refractivity contribution in [2.24, 2.45) is 5.73 Å². The number of rotatable bonds is 2. The number of nitrogens with two attached hydrogens (primary N) is 1. The molecule has 0 aliphatic rings. The standard InChI is InChI=1S/C9H11F2NO/c1-5(12)9(13)6-2-3-7(10)8(11)4-6/h2-5,9,13H,12H2,1H3. The van der Waals surface area contributed by atoms with Gasteiger partial charge in [-0.3, -0.25) is 0 Å². The van der Waals surface area contributed by atoms with Crippen LogP contribution < -0.4 is 5.73 Å². The number of hydrogen-bond acceptors (Lipinski definition) is 2. The van der Waals surface area contributed by atoms with Crippen molar-refractivity contribution in [1.82, 2.24) is 0 Å². The van der Waals surface area contributed by atoms with E-state index in [2.05, 4.69) is 0 Å². The molecule has 0 aromatic heterocycles. The first-order valence-electron chi connectivity index (χ1n) is 3.91. The Bertz CT molecular complexity index is 302. The van der Waals surface area contributed by atoms with Crippen LogP contribution >= 0.6 is 0 Å². The maximum absolute atomic E-state index is 12.7. The topological polar surface area (TPSA) is 46.2 Å². The lowest BCUT2D eigenvalue weighted by Crippen LogP contribution is -2.24. The molecular weight excluding hydrogens is 176 g/mol. The molecule has 3 N–H and O–H groups in total. The van der Waals surface area contributed by atoms with Crippen LogP contribution in [0.4, 0.5) is 8.78 Å². The van der Waals surface area contributed by atoms with Gasteiger partial charge in [-0.15, -0.1) is 0 Å². The highest BCUT2D eigenvalue weighted by Crippen LogP contribution is 2.17. The first-order chi connectivity index (χ1) is 6.02. The second-order valence-electron chi connectivity index (χ2n) is 2.98. The van der Waals surface area contributed by atoms with Crippen LogP contribution in [-0.2, 0) is 0 Å². The van der Waals surface area contributed by atoms with E-state index in [0.717, 1.165) is 12.1 Å². The molecule has 0 saturated heterocycles. The highest BCUT2D eigenvalue weighted by molar-refractivity contribution is 5.20. The molecule has 0 aliphatic carbocycles. The van der Waals surface area contributed by atoms with Gasteiger partial charge in [-0.1, -0.05) is 6.07 Å². The van der Waals surface area contributed by atoms with Crippen molar-refractivity contribution in [3.63, 3.8) is 0 Å². The van der Waals surface area contributed by atoms with Gasteiger partial charge in [0.2, 0.25) is 0 Å². The fourth-order valence-electron chi connectivity index (χ4n) is 1.000. The molecule has 2 nitrogen and oxygen atoms in total. The summed E-state index contributed by atoms with van der Waals surface area (Å²) in [4.78, 5) is 0. The molecule has 0 spiro atoms. The summed E-state index contributed by atoms with van der Waals surface area (Å²) < 4.78 is 25.2. The molecule has 2 unspecified atom stereocenters. The molecule has 0 radical (unpaired) electrons. The van der Waals surface area contributed by atoms with Crippen molar-refractivity contribution in [3.8, 4) is 0 Å². The first kappa shape index (κ1) is 10.1. The van der Waals surface area contributed by atoms with Gasteiger partial charge in [-0.25, -0.2) is 8.78 Å². The molecule has 0 aliphatic heterocycles. The Kier molecular flexibility index (Phi) is 2.95. The van der Waals surface area contributed by atoms with Gasteiger partial charge in [0, 0.05) is 6.04 Å². The molecular formula is C9H11F2NO. The summed E-state index contributed by atoms with van der Waals surface area (Å²) >= 11 is 0. The Hall–Kier alpha value is -1.00. The summed E-state index contributed by atoms with van der Waals surface area (Å²) in [6, 6.07) is 2.72. The highest BCUT2D eigenvalue weighted by Gasteiger charge is 2.14. The monoisotopic (exact) mass is 187 g/mol. The normalized spacial score (nSPS) is 15.5. The van der Waals surface area contributed by atoms with Crippen LogP contribution in [0.5, 0.6) is 0 Å². The van der Waals surface area contributed by atoms with Crippen molar-refractivity contribution in [2.75, 3.05) is 0 Å². The first-order valence-corrected chi connectivity index (χ1v) is 3.91. The summed E-state index contributed by atoms with van der Waals surface area (Å²) in [5.74, 6) is -1.90. The van der Waals surface area contributed by atoms with Crippen LogP contribution in [0.1, 0.15) is 18.6 Å². The van der Waals surface area contributed by atoms with Crippen LogP contribution in [-0.4, -0.2) is 11.1 Å². The van der Waals surface area contributed by atoms with Crippen LogP contribution in [0.25, 0.3) is 0 Å². The Labute approximate surface area is 75.0 Å². The molecule has 1 aromatic rings. The highest BCUT2D eigenvalue weighted by atomic mass is 19.2. The van der Waals surface area contributed by atoms with Crippen LogP contribution in [0.15, 0.2) is 18.2 Å². The fourth-order valence-corrected chi connectivity index (χ4v) is 1.000. The maximum Gasteiger partial charge on any atom is 0.159 e. The number of aliphatic hydroxyl groups excluding tert-OH is 1. The SMILES string of the molecule is CC(N)C(O)c1ccc(F)c(F)c1. The molecule has 2 atom stereocenters. The second-order valence-corrected chi connectivity index (χ2v) is 2.98. The lowest BCUT2D eigenvalue weighted by atomic mass is 10.0. The molecule has 0 heterocycles. The summed E-state index contributed by atoms with van der Waals surface area (Å²) in [7, 11) is 0. The van der Waals surface area contributed by atoms with E-state index in [0.29, 0.717) is 0 Å². The number of benzene rings is 1. The van der Waals surface area contributed by atoms with Gasteiger partial charge in [-0.2, -0.15) is 0 Å². The number of aliphatic hydroxyl groups is 1. The van der Waals surface area contributed by atoms with E-state index in [9.17, 15) is 13.9 Å². The molecule has 72 valence electrons. The largest absolute Gasteiger partial charge is 0.387 e. The summed E-state index contributed by atoms with van der Waals surface area (Å²) in [6.45, 7) is 1.59. The molecule has 1 aromatic carbocycles. The predicted octanol–water partition coefficient (Wildman–Crippen LogP) is 1.35. The minimum Gasteiger partial charge on any atom is -0.387 e. The minimum absolute atomic E-state index is 0.286. The quantitative estimate of drug-likeness (QED) is 0.734. The third-order valence-corrected chi connectivity index (χ3v) is 1.78. The second kappa shape index (κ2) is 3.81. The molecule has 0 amide bonds. The predicted molar refractivity (Wildman–Crippen MR) is 45.0 cm³/mol. The van der Waals surface area contributed by atoms with Gasteiger partial charge in [0.25, 0.3) is 0 Å². The van der Waals surface area contributed by atoms with E-state index in [1.165, 1.54) is 6.07 Å². The van der Waals surface area contributed by atoms with Crippen molar-refractivity contribution in [1.29, 1.82) is 0 Å². The summed E-state index contributed by atoms with van der Waals surface area (Å²) in [5.41, 5.74) is 5.68. The molecule has 0 saturated carbocycles. The fraction of sp³-hybridized carbons (Fsp3) is 0.333. The molecule has 13 heavy (non-hydrogen) atoms. The summed E-state index contributed by atoms with van der Waals surface area (Å²) in [6.07, 6.45) is -0.963. The Morgan fingerprint density at radius 1 is 1.31 bits per heavy atom. The smallest absolute Gasteiger partial charge is 0.159 e. The molecule has 0 fully saturated rings. The van der Waals surface area contributed by atoms with Gasteiger partial charge in [-0.05, 0) is 24.6 Å². The zero-order valence-corrected chi connectivity index (χ0v) is 7.17. The maximum atomic E-state index is 12.7. The zero-order chi connectivity index (χ0) is 10.0. The lowest BCUT2D eigenvalue weighted by molar-refractivity contribution is 0.153. The molecule has 1 rings (SSSR count). The van der Waals surface area contributed by atoms with Crippen molar-refractivity contribution < 1.29 is 13.9 Å². The molecule has 4 heteroatoms. The van der Waals surface area contributed by atoms with Gasteiger partial charge in [0.05, 0.1) is 6.10 Å². The molecule has 0 bridgehead atoms. The number of halogens is 2. The average molecular weight is 187 g/mol. The van der Waals surface area contributed by atoms with Crippen molar-refractivity contribution in [2.45, 2.75) is 19.1 Å². The third-order valence-electron chi connectivity index (χ3n) is 1.78. The van der Waals surface area contributed by atoms with E-state index < -0.39 is 23.8 Å². The van der Waals surface area contributed by atoms with Crippen LogP contribution in [0.2, 0.25) is 0 Å². The van der Waals surface area contributed by atoms with Gasteiger partial charge in [0.15, 0.2) is 11.6 Å². The number of hydrogen-bond donors (Lipinski definition) is 2. The van der Waals surface area contributed by atoms with E-state index in [1.54, 1.807) is 6.92 Å². The Balaban J connectivity index is 2.97. The van der Waals surface area contributed by atoms with Crippen molar-refractivity contribution in [3.05, 3.63) is 35.4 Å². The van der Waals surface area contributed by atoms with Gasteiger partial charge < -0.3 is 10.8 Å². The van der Waals surface area contributed by atoms with Crippen LogP contribution in [0, 0.1) is 11.6 Å². The Morgan fingerprint density at radius 3 is 2.38 bits per heavy atom. The van der Waals surface area contributed by atoms with E-state index in [4.69, 9.17) is 5.73 Å². The van der Waals surface area contributed by atoms with Gasteiger partial charge >= 0.3 is 0 Å². The Morgan fingerprint density at radius 2 is 1.92 bits per heavy atom. The van der Waals surface area contributed by atoms with Crippen LogP contribution in [0.3, 0.4) is 0 Å². The summed E-state index contributed by atoms with van der Waals surface area (Å²) in [5, 5.41) is 9.40. The lowest BCUT2D eigenvalue weighted by Gasteiger charge is -2.14. The zero-order valence-electron chi connectivity index (χ0n) is 7.17. The average Bonchev–Trinajstić information content (AvgIpc) is 2.08. The van der Waals surface area contributed by atoms with E-state index in [1.807, 2.05) is 0 Å².